The number of hydrogen-bond donors (Lipinski definition) is 2. The van der Waals surface area contributed by atoms with Crippen LogP contribution in [0.3, 0.4) is 0 Å². The molecule has 6 nitrogen and oxygen atoms in total. The van der Waals surface area contributed by atoms with Crippen molar-refractivity contribution < 1.29 is 13.2 Å². The number of urea groups is 1. The van der Waals surface area contributed by atoms with Crippen LogP contribution in [0.4, 0.5) is 10.5 Å². The molecule has 0 radical (unpaired) electrons. The van der Waals surface area contributed by atoms with Gasteiger partial charge in [0.15, 0.2) is 0 Å². The first-order valence-electron chi connectivity index (χ1n) is 8.98. The number of rotatable bonds is 3. The topological polar surface area (TPSA) is 78.5 Å². The van der Waals surface area contributed by atoms with Gasteiger partial charge in [0.1, 0.15) is 0 Å². The van der Waals surface area contributed by atoms with Crippen LogP contribution < -0.4 is 10.6 Å². The first kappa shape index (κ1) is 17.3. The molecule has 4 rings (SSSR count). The van der Waals surface area contributed by atoms with E-state index in [-0.39, 0.29) is 12.1 Å². The Labute approximate surface area is 153 Å². The maximum Gasteiger partial charge on any atom is 0.319 e. The zero-order valence-electron chi connectivity index (χ0n) is 14.8. The lowest BCUT2D eigenvalue weighted by molar-refractivity contribution is 0.236. The standard InChI is InChI=1S/C19H23N3O3S/c1-26(24,25)22-11-3-5-15(12-22)20-19(23)21-17-10-9-14-8-7-13-4-2-6-16(17)18(13)14/h2,4,6,9-10,15H,3,5,7-8,11-12H2,1H3,(H2,20,21,23). The third kappa shape index (κ3) is 3.29. The van der Waals surface area contributed by atoms with E-state index in [1.165, 1.54) is 27.1 Å². The van der Waals surface area contributed by atoms with Crippen LogP contribution in [0.2, 0.25) is 0 Å². The first-order chi connectivity index (χ1) is 12.4. The van der Waals surface area contributed by atoms with E-state index in [0.29, 0.717) is 13.1 Å². The highest BCUT2D eigenvalue weighted by Crippen LogP contribution is 2.34. The smallest absolute Gasteiger partial charge is 0.319 e. The van der Waals surface area contributed by atoms with E-state index in [4.69, 9.17) is 0 Å². The highest BCUT2D eigenvalue weighted by atomic mass is 32.2. The largest absolute Gasteiger partial charge is 0.334 e. The predicted octanol–water partition coefficient (Wildman–Crippen LogP) is 2.48. The van der Waals surface area contributed by atoms with E-state index in [9.17, 15) is 13.2 Å². The summed E-state index contributed by atoms with van der Waals surface area (Å²) in [6.07, 6.45) is 4.84. The number of nitrogens with zero attached hydrogens (tertiary/aromatic N) is 1. The molecule has 0 bridgehead atoms. The molecular weight excluding hydrogens is 350 g/mol. The molecule has 1 aliphatic heterocycles. The summed E-state index contributed by atoms with van der Waals surface area (Å²) in [6.45, 7) is 0.851. The summed E-state index contributed by atoms with van der Waals surface area (Å²) in [7, 11) is -3.22. The highest BCUT2D eigenvalue weighted by molar-refractivity contribution is 7.88. The lowest BCUT2D eigenvalue weighted by Crippen LogP contribution is -2.50. The van der Waals surface area contributed by atoms with Crippen LogP contribution in [-0.4, -0.2) is 44.1 Å². The molecule has 2 aromatic rings. The molecule has 1 unspecified atom stereocenters. The van der Waals surface area contributed by atoms with E-state index in [1.54, 1.807) is 0 Å². The van der Waals surface area contributed by atoms with Gasteiger partial charge < -0.3 is 10.6 Å². The van der Waals surface area contributed by atoms with Crippen LogP contribution in [0.25, 0.3) is 10.8 Å². The molecule has 2 N–H and O–H groups in total. The zero-order valence-corrected chi connectivity index (χ0v) is 15.6. The summed E-state index contributed by atoms with van der Waals surface area (Å²) in [5, 5.41) is 8.19. The highest BCUT2D eigenvalue weighted by Gasteiger charge is 2.27. The fourth-order valence-electron chi connectivity index (χ4n) is 4.06. The number of carbonyl (C=O) groups excluding carboxylic acids is 1. The van der Waals surface area contributed by atoms with Crippen LogP contribution in [0.5, 0.6) is 0 Å². The van der Waals surface area contributed by atoms with Crippen LogP contribution in [0.1, 0.15) is 24.0 Å². The van der Waals surface area contributed by atoms with E-state index in [2.05, 4.69) is 22.8 Å². The molecule has 1 aliphatic carbocycles. The van der Waals surface area contributed by atoms with Crippen molar-refractivity contribution in [2.24, 2.45) is 0 Å². The molecule has 138 valence electrons. The van der Waals surface area contributed by atoms with Crippen molar-refractivity contribution >= 4 is 32.5 Å². The first-order valence-corrected chi connectivity index (χ1v) is 10.8. The maximum atomic E-state index is 12.5. The zero-order chi connectivity index (χ0) is 18.3. The van der Waals surface area contributed by atoms with Crippen LogP contribution in [0.15, 0.2) is 30.3 Å². The second kappa shape index (κ2) is 6.55. The fraction of sp³-hybridized carbons (Fsp3) is 0.421. The van der Waals surface area contributed by atoms with Gasteiger partial charge in [0.05, 0.1) is 11.9 Å². The molecule has 1 saturated heterocycles. The number of sulfonamides is 1. The Kier molecular flexibility index (Phi) is 4.36. The summed E-state index contributed by atoms with van der Waals surface area (Å²) in [4.78, 5) is 12.5. The van der Waals surface area contributed by atoms with Gasteiger partial charge in [-0.15, -0.1) is 0 Å². The van der Waals surface area contributed by atoms with E-state index < -0.39 is 10.0 Å². The minimum Gasteiger partial charge on any atom is -0.334 e. The lowest BCUT2D eigenvalue weighted by Gasteiger charge is -2.31. The minimum atomic E-state index is -3.22. The van der Waals surface area contributed by atoms with Crippen molar-refractivity contribution in [3.05, 3.63) is 41.5 Å². The third-order valence-electron chi connectivity index (χ3n) is 5.31. The molecule has 2 aliphatic rings. The number of piperidine rings is 1. The molecule has 2 aromatic carbocycles. The molecule has 2 amide bonds. The Morgan fingerprint density at radius 2 is 1.92 bits per heavy atom. The van der Waals surface area contributed by atoms with Crippen molar-refractivity contribution in [3.8, 4) is 0 Å². The number of nitrogens with one attached hydrogen (secondary N) is 2. The van der Waals surface area contributed by atoms with Gasteiger partial charge in [0.2, 0.25) is 10.0 Å². The molecule has 0 aromatic heterocycles. The van der Waals surface area contributed by atoms with Crippen molar-refractivity contribution in [3.63, 3.8) is 0 Å². The SMILES string of the molecule is CS(=O)(=O)N1CCCC(NC(=O)Nc2ccc3c4c(cccc24)CC3)C1. The van der Waals surface area contributed by atoms with Crippen molar-refractivity contribution in [1.29, 1.82) is 0 Å². The number of aryl methyl sites for hydroxylation is 2. The van der Waals surface area contributed by atoms with Crippen LogP contribution in [-0.2, 0) is 22.9 Å². The minimum absolute atomic E-state index is 0.171. The van der Waals surface area contributed by atoms with Gasteiger partial charge in [-0.3, -0.25) is 0 Å². The van der Waals surface area contributed by atoms with Gasteiger partial charge in [-0.2, -0.15) is 0 Å². The molecule has 1 atom stereocenters. The summed E-state index contributed by atoms with van der Waals surface area (Å²) in [6, 6.07) is 9.79. The van der Waals surface area contributed by atoms with E-state index >= 15 is 0 Å². The Balaban J connectivity index is 1.49. The number of benzene rings is 2. The molecule has 0 spiro atoms. The second-order valence-corrected chi connectivity index (χ2v) is 9.15. The van der Waals surface area contributed by atoms with Crippen molar-refractivity contribution in [2.75, 3.05) is 24.7 Å². The summed E-state index contributed by atoms with van der Waals surface area (Å²) in [5.41, 5.74) is 3.45. The second-order valence-electron chi connectivity index (χ2n) is 7.17. The number of amides is 2. The fourth-order valence-corrected chi connectivity index (χ4v) is 4.97. The Morgan fingerprint density at radius 1 is 1.15 bits per heavy atom. The summed E-state index contributed by atoms with van der Waals surface area (Å²) >= 11 is 0. The van der Waals surface area contributed by atoms with E-state index in [1.807, 2.05) is 18.2 Å². The maximum absolute atomic E-state index is 12.5. The molecule has 26 heavy (non-hydrogen) atoms. The average molecular weight is 373 g/mol. The number of carbonyl (C=O) groups is 1. The number of anilines is 1. The van der Waals surface area contributed by atoms with Gasteiger partial charge in [-0.05, 0) is 48.3 Å². The van der Waals surface area contributed by atoms with Gasteiger partial charge in [-0.25, -0.2) is 17.5 Å². The molecule has 1 heterocycles. The third-order valence-corrected chi connectivity index (χ3v) is 6.58. The Bertz CT molecular complexity index is 961. The van der Waals surface area contributed by atoms with E-state index in [0.717, 1.165) is 36.8 Å². The quantitative estimate of drug-likeness (QED) is 0.868. The van der Waals surface area contributed by atoms with Crippen molar-refractivity contribution in [2.45, 2.75) is 31.7 Å². The normalized spacial score (nSPS) is 20.3. The van der Waals surface area contributed by atoms with Gasteiger partial charge >= 0.3 is 6.03 Å². The summed E-state index contributed by atoms with van der Waals surface area (Å²) in [5.74, 6) is 0. The number of hydrogen-bond acceptors (Lipinski definition) is 3. The van der Waals surface area contributed by atoms with Crippen LogP contribution >= 0.6 is 0 Å². The Morgan fingerprint density at radius 3 is 2.69 bits per heavy atom. The summed E-state index contributed by atoms with van der Waals surface area (Å²) < 4.78 is 24.9. The van der Waals surface area contributed by atoms with Gasteiger partial charge in [-0.1, -0.05) is 24.3 Å². The van der Waals surface area contributed by atoms with Crippen molar-refractivity contribution in [1.82, 2.24) is 9.62 Å². The predicted molar refractivity (Wildman–Crippen MR) is 103 cm³/mol. The Hall–Kier alpha value is -2.12. The molecule has 1 fully saturated rings. The monoisotopic (exact) mass is 373 g/mol. The van der Waals surface area contributed by atoms with Gasteiger partial charge in [0, 0.05) is 24.5 Å². The molecular formula is C19H23N3O3S. The van der Waals surface area contributed by atoms with Gasteiger partial charge in [0.25, 0.3) is 0 Å². The average Bonchev–Trinajstić information content (AvgIpc) is 3.02. The van der Waals surface area contributed by atoms with Crippen LogP contribution in [0, 0.1) is 0 Å². The lowest BCUT2D eigenvalue weighted by atomic mass is 10.0. The molecule has 7 heteroatoms. The molecule has 0 saturated carbocycles.